The van der Waals surface area contributed by atoms with Gasteiger partial charge in [0.25, 0.3) is 0 Å². The highest BCUT2D eigenvalue weighted by Crippen LogP contribution is 2.37. The van der Waals surface area contributed by atoms with Crippen LogP contribution in [0.3, 0.4) is 0 Å². The molecule has 0 spiro atoms. The average Bonchev–Trinajstić information content (AvgIpc) is 2.78. The summed E-state index contributed by atoms with van der Waals surface area (Å²) in [5.41, 5.74) is 1.18. The first kappa shape index (κ1) is 13.5. The smallest absolute Gasteiger partial charge is 0.443 e. The lowest BCUT2D eigenvalue weighted by Crippen LogP contribution is -2.02. The van der Waals surface area contributed by atoms with Crippen LogP contribution in [0, 0.1) is 6.92 Å². The molecule has 0 bridgehead atoms. The third-order valence-corrected chi connectivity index (χ3v) is 3.57. The molecule has 2 aromatic rings. The van der Waals surface area contributed by atoms with Gasteiger partial charge in [-0.2, -0.15) is 13.2 Å². The second-order valence-corrected chi connectivity index (χ2v) is 4.89. The summed E-state index contributed by atoms with van der Waals surface area (Å²) in [7, 11) is 0. The maximum absolute atomic E-state index is 12.5. The zero-order chi connectivity index (χ0) is 14.2. The predicted molar refractivity (Wildman–Crippen MR) is 64.2 cm³/mol. The normalized spacial score (nSPS) is 11.6. The van der Waals surface area contributed by atoms with Crippen LogP contribution in [0.15, 0.2) is 24.4 Å². The molecule has 3 nitrogen and oxygen atoms in total. The molecule has 0 amide bonds. The zero-order valence-electron chi connectivity index (χ0n) is 9.65. The third-order valence-electron chi connectivity index (χ3n) is 2.50. The van der Waals surface area contributed by atoms with E-state index in [9.17, 15) is 18.0 Å². The summed E-state index contributed by atoms with van der Waals surface area (Å²) < 4.78 is 37.4. The lowest BCUT2D eigenvalue weighted by molar-refractivity contribution is -0.137. The minimum absolute atomic E-state index is 0.0301. The highest BCUT2D eigenvalue weighted by atomic mass is 32.1. The monoisotopic (exact) mass is 287 g/mol. The van der Waals surface area contributed by atoms with Crippen molar-refractivity contribution >= 4 is 17.3 Å². The van der Waals surface area contributed by atoms with E-state index in [4.69, 9.17) is 5.11 Å². The van der Waals surface area contributed by atoms with Crippen molar-refractivity contribution < 1.29 is 23.1 Å². The summed E-state index contributed by atoms with van der Waals surface area (Å²) >= 11 is 0.498. The Balaban J connectivity index is 2.49. The Kier molecular flexibility index (Phi) is 3.32. The van der Waals surface area contributed by atoms with E-state index in [1.807, 2.05) is 0 Å². The minimum Gasteiger partial charge on any atom is -0.478 e. The highest BCUT2D eigenvalue weighted by Gasteiger charge is 2.34. The van der Waals surface area contributed by atoms with Gasteiger partial charge < -0.3 is 5.11 Å². The number of carboxylic acids is 1. The Labute approximate surface area is 110 Å². The standard InChI is InChI=1S/C12H8F3NO2S/c1-6-2-3-7(10(17)18)4-8(6)9-5-16-11(19-9)12(13,14)15/h2-5H,1H3,(H,17,18). The Morgan fingerprint density at radius 2 is 2.05 bits per heavy atom. The molecule has 0 fully saturated rings. The van der Waals surface area contributed by atoms with Crippen LogP contribution < -0.4 is 0 Å². The number of halogens is 3. The van der Waals surface area contributed by atoms with Crippen molar-refractivity contribution in [2.45, 2.75) is 13.1 Å². The van der Waals surface area contributed by atoms with E-state index >= 15 is 0 Å². The number of thiazole rings is 1. The Morgan fingerprint density at radius 3 is 2.58 bits per heavy atom. The number of hydrogen-bond acceptors (Lipinski definition) is 3. The van der Waals surface area contributed by atoms with Gasteiger partial charge in [0.15, 0.2) is 5.01 Å². The van der Waals surface area contributed by atoms with Crippen LogP contribution in [0.1, 0.15) is 20.9 Å². The lowest BCUT2D eigenvalue weighted by atomic mass is 10.0. The molecule has 1 aromatic carbocycles. The summed E-state index contributed by atoms with van der Waals surface area (Å²) in [5, 5.41) is 7.95. The molecule has 0 unspecified atom stereocenters. The zero-order valence-corrected chi connectivity index (χ0v) is 10.5. The van der Waals surface area contributed by atoms with Crippen molar-refractivity contribution in [2.24, 2.45) is 0 Å². The molecule has 2 rings (SSSR count). The minimum atomic E-state index is -4.48. The van der Waals surface area contributed by atoms with Gasteiger partial charge in [-0.1, -0.05) is 6.07 Å². The Morgan fingerprint density at radius 1 is 1.37 bits per heavy atom. The highest BCUT2D eigenvalue weighted by molar-refractivity contribution is 7.15. The van der Waals surface area contributed by atoms with Crippen LogP contribution in [0.25, 0.3) is 10.4 Å². The van der Waals surface area contributed by atoms with Gasteiger partial charge in [0.05, 0.1) is 10.4 Å². The number of rotatable bonds is 2. The molecule has 1 aromatic heterocycles. The molecule has 0 aliphatic carbocycles. The van der Waals surface area contributed by atoms with E-state index < -0.39 is 17.2 Å². The number of carbonyl (C=O) groups is 1. The van der Waals surface area contributed by atoms with Gasteiger partial charge in [-0.15, -0.1) is 11.3 Å². The van der Waals surface area contributed by atoms with Gasteiger partial charge in [0, 0.05) is 6.20 Å². The van der Waals surface area contributed by atoms with Crippen molar-refractivity contribution in [1.29, 1.82) is 0 Å². The fourth-order valence-corrected chi connectivity index (χ4v) is 2.41. The third kappa shape index (κ3) is 2.76. The molecular formula is C12H8F3NO2S. The average molecular weight is 287 g/mol. The fraction of sp³-hybridized carbons (Fsp3) is 0.167. The van der Waals surface area contributed by atoms with Crippen molar-refractivity contribution in [1.82, 2.24) is 4.98 Å². The summed E-state index contributed by atoms with van der Waals surface area (Å²) in [6.45, 7) is 1.70. The van der Waals surface area contributed by atoms with Crippen molar-refractivity contribution in [3.05, 3.63) is 40.5 Å². The number of nitrogens with zero attached hydrogens (tertiary/aromatic N) is 1. The number of hydrogen-bond donors (Lipinski definition) is 1. The van der Waals surface area contributed by atoms with E-state index in [0.29, 0.717) is 27.3 Å². The number of aromatic carboxylic acids is 1. The largest absolute Gasteiger partial charge is 0.478 e. The van der Waals surface area contributed by atoms with E-state index in [-0.39, 0.29) is 5.56 Å². The number of carboxylic acid groups (broad SMARTS) is 1. The first-order valence-corrected chi connectivity index (χ1v) is 5.98. The van der Waals surface area contributed by atoms with E-state index in [1.165, 1.54) is 12.1 Å². The molecular weight excluding hydrogens is 279 g/mol. The molecule has 0 aliphatic rings. The first-order chi connectivity index (χ1) is 8.79. The quantitative estimate of drug-likeness (QED) is 0.913. The molecule has 0 radical (unpaired) electrons. The molecule has 100 valence electrons. The number of aryl methyl sites for hydroxylation is 1. The molecule has 0 atom stereocenters. The van der Waals surface area contributed by atoms with Gasteiger partial charge in [-0.25, -0.2) is 9.78 Å². The van der Waals surface area contributed by atoms with Crippen LogP contribution in [0.2, 0.25) is 0 Å². The van der Waals surface area contributed by atoms with Gasteiger partial charge in [-0.3, -0.25) is 0 Å². The Bertz CT molecular complexity index is 634. The summed E-state index contributed by atoms with van der Waals surface area (Å²) in [5.74, 6) is -1.12. The van der Waals surface area contributed by atoms with Crippen LogP contribution in [-0.4, -0.2) is 16.1 Å². The topological polar surface area (TPSA) is 50.2 Å². The molecule has 0 saturated heterocycles. The van der Waals surface area contributed by atoms with Crippen molar-refractivity contribution in [3.8, 4) is 10.4 Å². The van der Waals surface area contributed by atoms with Crippen LogP contribution in [0.5, 0.6) is 0 Å². The Hall–Kier alpha value is -1.89. The molecule has 0 saturated carbocycles. The fourth-order valence-electron chi connectivity index (χ4n) is 1.55. The molecule has 19 heavy (non-hydrogen) atoms. The second kappa shape index (κ2) is 4.65. The second-order valence-electron chi connectivity index (χ2n) is 3.86. The van der Waals surface area contributed by atoms with E-state index in [1.54, 1.807) is 13.0 Å². The molecule has 1 heterocycles. The molecule has 0 aliphatic heterocycles. The van der Waals surface area contributed by atoms with Gasteiger partial charge in [0.1, 0.15) is 0 Å². The van der Waals surface area contributed by atoms with Gasteiger partial charge in [-0.05, 0) is 30.2 Å². The number of alkyl halides is 3. The lowest BCUT2D eigenvalue weighted by Gasteiger charge is -2.04. The summed E-state index contributed by atoms with van der Waals surface area (Å²) in [4.78, 5) is 14.5. The predicted octanol–water partition coefficient (Wildman–Crippen LogP) is 3.84. The van der Waals surface area contributed by atoms with Crippen LogP contribution >= 0.6 is 11.3 Å². The SMILES string of the molecule is Cc1ccc(C(=O)O)cc1-c1cnc(C(F)(F)F)s1. The maximum atomic E-state index is 12.5. The summed E-state index contributed by atoms with van der Waals surface area (Å²) in [6, 6.07) is 4.32. The van der Waals surface area contributed by atoms with Crippen molar-refractivity contribution in [3.63, 3.8) is 0 Å². The van der Waals surface area contributed by atoms with Crippen molar-refractivity contribution in [2.75, 3.05) is 0 Å². The molecule has 1 N–H and O–H groups in total. The van der Waals surface area contributed by atoms with Crippen LogP contribution in [0.4, 0.5) is 13.2 Å². The summed E-state index contributed by atoms with van der Waals surface area (Å²) in [6.07, 6.45) is -3.37. The van der Waals surface area contributed by atoms with E-state index in [2.05, 4.69) is 4.98 Å². The maximum Gasteiger partial charge on any atom is 0.443 e. The number of benzene rings is 1. The first-order valence-electron chi connectivity index (χ1n) is 5.16. The van der Waals surface area contributed by atoms with Gasteiger partial charge >= 0.3 is 12.1 Å². The van der Waals surface area contributed by atoms with Gasteiger partial charge in [0.2, 0.25) is 0 Å². The van der Waals surface area contributed by atoms with E-state index in [0.717, 1.165) is 6.20 Å². The number of aromatic nitrogens is 1. The molecule has 7 heteroatoms. The van der Waals surface area contributed by atoms with Crippen LogP contribution in [-0.2, 0) is 6.18 Å².